The smallest absolute Gasteiger partial charge is 0.322 e. The van der Waals surface area contributed by atoms with Crippen LogP contribution < -0.4 is 10.6 Å². The molecular formula is C20H26N4O4. The Bertz CT molecular complexity index is 842. The summed E-state index contributed by atoms with van der Waals surface area (Å²) in [4.78, 5) is 26.7. The van der Waals surface area contributed by atoms with Crippen molar-refractivity contribution < 1.29 is 18.8 Å². The van der Waals surface area contributed by atoms with Crippen molar-refractivity contribution in [2.75, 3.05) is 30.3 Å². The zero-order chi connectivity index (χ0) is 20.1. The molecule has 0 radical (unpaired) electrons. The van der Waals surface area contributed by atoms with Gasteiger partial charge in [-0.2, -0.15) is 0 Å². The molecule has 8 heteroatoms. The lowest BCUT2D eigenvalue weighted by Crippen LogP contribution is -2.44. The molecule has 0 saturated carbocycles. The number of carbonyl (C=O) groups excluding carboxylic acids is 2. The number of ether oxygens (including phenoxy) is 1. The van der Waals surface area contributed by atoms with Crippen molar-refractivity contribution in [1.29, 1.82) is 0 Å². The van der Waals surface area contributed by atoms with E-state index in [0.717, 1.165) is 24.0 Å². The minimum atomic E-state index is -0.346. The summed E-state index contributed by atoms with van der Waals surface area (Å²) in [5.74, 6) is 0.578. The highest BCUT2D eigenvalue weighted by Crippen LogP contribution is 2.17. The van der Waals surface area contributed by atoms with Gasteiger partial charge < -0.3 is 24.8 Å². The van der Waals surface area contributed by atoms with Crippen LogP contribution in [-0.2, 0) is 9.53 Å². The van der Waals surface area contributed by atoms with E-state index in [0.29, 0.717) is 30.4 Å². The van der Waals surface area contributed by atoms with Gasteiger partial charge >= 0.3 is 6.03 Å². The Morgan fingerprint density at radius 1 is 1.18 bits per heavy atom. The number of urea groups is 1. The maximum Gasteiger partial charge on any atom is 0.322 e. The molecule has 150 valence electrons. The van der Waals surface area contributed by atoms with Crippen molar-refractivity contribution >= 4 is 23.4 Å². The van der Waals surface area contributed by atoms with Gasteiger partial charge in [0.2, 0.25) is 5.91 Å². The minimum absolute atomic E-state index is 0.0624. The maximum atomic E-state index is 12.8. The second-order valence-corrected chi connectivity index (χ2v) is 7.12. The summed E-state index contributed by atoms with van der Waals surface area (Å²) in [5, 5.41) is 9.27. The summed E-state index contributed by atoms with van der Waals surface area (Å²) in [6.45, 7) is 6.67. The van der Waals surface area contributed by atoms with Crippen molar-refractivity contribution in [3.05, 3.63) is 41.2 Å². The first-order chi connectivity index (χ1) is 13.4. The molecule has 3 rings (SSSR count). The van der Waals surface area contributed by atoms with Gasteiger partial charge in [0.15, 0.2) is 5.82 Å². The largest absolute Gasteiger partial charge is 0.376 e. The average molecular weight is 386 g/mol. The van der Waals surface area contributed by atoms with E-state index in [9.17, 15) is 9.59 Å². The fourth-order valence-electron chi connectivity index (χ4n) is 3.06. The van der Waals surface area contributed by atoms with Crippen LogP contribution in [0.3, 0.4) is 0 Å². The van der Waals surface area contributed by atoms with Crippen molar-refractivity contribution in [2.24, 2.45) is 0 Å². The van der Waals surface area contributed by atoms with E-state index in [2.05, 4.69) is 15.8 Å². The van der Waals surface area contributed by atoms with Crippen LogP contribution in [0.1, 0.15) is 29.7 Å². The molecule has 2 heterocycles. The van der Waals surface area contributed by atoms with Gasteiger partial charge in [-0.1, -0.05) is 11.2 Å². The van der Waals surface area contributed by atoms with Crippen molar-refractivity contribution in [3.8, 4) is 0 Å². The van der Waals surface area contributed by atoms with E-state index >= 15 is 0 Å². The molecule has 0 bridgehead atoms. The van der Waals surface area contributed by atoms with E-state index in [1.54, 1.807) is 13.0 Å². The van der Waals surface area contributed by atoms with Crippen LogP contribution in [0.25, 0.3) is 0 Å². The molecule has 0 spiro atoms. The zero-order valence-corrected chi connectivity index (χ0v) is 16.4. The molecule has 0 aliphatic carbocycles. The van der Waals surface area contributed by atoms with Crippen LogP contribution >= 0.6 is 0 Å². The highest BCUT2D eigenvalue weighted by atomic mass is 16.5. The molecule has 1 atom stereocenters. The third-order valence-electron chi connectivity index (χ3n) is 4.72. The molecule has 3 amide bonds. The van der Waals surface area contributed by atoms with Crippen molar-refractivity contribution in [3.63, 3.8) is 0 Å². The fourth-order valence-corrected chi connectivity index (χ4v) is 3.06. The predicted molar refractivity (Wildman–Crippen MR) is 105 cm³/mol. The van der Waals surface area contributed by atoms with Gasteiger partial charge in [0.05, 0.1) is 6.10 Å². The number of hydrogen-bond donors (Lipinski definition) is 2. The van der Waals surface area contributed by atoms with Crippen molar-refractivity contribution in [1.82, 2.24) is 10.1 Å². The summed E-state index contributed by atoms with van der Waals surface area (Å²) in [6, 6.07) is 7.00. The Labute approximate surface area is 164 Å². The number of carbonyl (C=O) groups is 2. The molecule has 1 fully saturated rings. The SMILES string of the molecule is Cc1cc(NC(=O)CN(C[C@H]2CCCO2)C(=O)Nc2ccc(C)c(C)c2)no1. The van der Waals surface area contributed by atoms with Gasteiger partial charge in [-0.05, 0) is 56.9 Å². The molecule has 1 aliphatic heterocycles. The molecule has 8 nitrogen and oxygen atoms in total. The van der Waals surface area contributed by atoms with E-state index in [-0.39, 0.29) is 24.6 Å². The summed E-state index contributed by atoms with van der Waals surface area (Å²) in [7, 11) is 0. The number of nitrogens with zero attached hydrogens (tertiary/aromatic N) is 2. The molecule has 1 saturated heterocycles. The number of aryl methyl sites for hydroxylation is 3. The number of aromatic nitrogens is 1. The summed E-state index contributed by atoms with van der Waals surface area (Å²) in [6.07, 6.45) is 1.77. The Kier molecular flexibility index (Phi) is 6.30. The third kappa shape index (κ3) is 5.32. The third-order valence-corrected chi connectivity index (χ3v) is 4.72. The van der Waals surface area contributed by atoms with Gasteiger partial charge in [-0.15, -0.1) is 0 Å². The van der Waals surface area contributed by atoms with Gasteiger partial charge in [-0.25, -0.2) is 4.79 Å². The minimum Gasteiger partial charge on any atom is -0.376 e. The fraction of sp³-hybridized carbons (Fsp3) is 0.450. The Morgan fingerprint density at radius 2 is 2.00 bits per heavy atom. The lowest BCUT2D eigenvalue weighted by Gasteiger charge is -2.25. The first-order valence-electron chi connectivity index (χ1n) is 9.38. The van der Waals surface area contributed by atoms with Gasteiger partial charge in [0.25, 0.3) is 0 Å². The Balaban J connectivity index is 1.66. The summed E-state index contributed by atoms with van der Waals surface area (Å²) < 4.78 is 10.6. The maximum absolute atomic E-state index is 12.8. The number of amides is 3. The highest BCUT2D eigenvalue weighted by molar-refractivity contribution is 5.96. The lowest BCUT2D eigenvalue weighted by molar-refractivity contribution is -0.117. The number of hydrogen-bond acceptors (Lipinski definition) is 5. The standard InChI is InChI=1S/C20H26N4O4/c1-13-6-7-16(9-14(13)2)21-20(26)24(11-17-5-4-8-27-17)12-19(25)22-18-10-15(3)28-23-18/h6-7,9-10,17H,4-5,8,11-12H2,1-3H3,(H,21,26)(H,22,23,25)/t17-/m1/s1. The van der Waals surface area contributed by atoms with Crippen LogP contribution in [0, 0.1) is 20.8 Å². The van der Waals surface area contributed by atoms with Crippen LogP contribution in [0.5, 0.6) is 0 Å². The number of rotatable bonds is 6. The second kappa shape index (κ2) is 8.88. The number of benzene rings is 1. The van der Waals surface area contributed by atoms with Crippen LogP contribution in [0.15, 0.2) is 28.8 Å². The number of nitrogens with one attached hydrogen (secondary N) is 2. The molecule has 1 aromatic heterocycles. The van der Waals surface area contributed by atoms with Crippen LogP contribution in [-0.4, -0.2) is 47.8 Å². The monoisotopic (exact) mass is 386 g/mol. The second-order valence-electron chi connectivity index (χ2n) is 7.12. The Morgan fingerprint density at radius 3 is 2.64 bits per heavy atom. The molecule has 2 aromatic rings. The Hall–Kier alpha value is -2.87. The molecular weight excluding hydrogens is 360 g/mol. The first-order valence-corrected chi connectivity index (χ1v) is 9.38. The average Bonchev–Trinajstić information content (AvgIpc) is 3.29. The quantitative estimate of drug-likeness (QED) is 0.794. The van der Waals surface area contributed by atoms with E-state index in [4.69, 9.17) is 9.26 Å². The zero-order valence-electron chi connectivity index (χ0n) is 16.4. The molecule has 0 unspecified atom stereocenters. The van der Waals surface area contributed by atoms with E-state index in [1.165, 1.54) is 4.90 Å². The van der Waals surface area contributed by atoms with Crippen LogP contribution in [0.2, 0.25) is 0 Å². The summed E-state index contributed by atoms with van der Waals surface area (Å²) in [5.41, 5.74) is 2.93. The number of anilines is 2. The predicted octanol–water partition coefficient (Wildman–Crippen LogP) is 3.25. The molecule has 1 aliphatic rings. The lowest BCUT2D eigenvalue weighted by atomic mass is 10.1. The van der Waals surface area contributed by atoms with Crippen molar-refractivity contribution in [2.45, 2.75) is 39.7 Å². The van der Waals surface area contributed by atoms with Gasteiger partial charge in [0.1, 0.15) is 12.3 Å². The summed E-state index contributed by atoms with van der Waals surface area (Å²) >= 11 is 0. The first kappa shape index (κ1) is 19.9. The normalized spacial score (nSPS) is 16.0. The van der Waals surface area contributed by atoms with Crippen LogP contribution in [0.4, 0.5) is 16.3 Å². The molecule has 28 heavy (non-hydrogen) atoms. The van der Waals surface area contributed by atoms with E-state index in [1.807, 2.05) is 32.0 Å². The van der Waals surface area contributed by atoms with E-state index < -0.39 is 0 Å². The highest BCUT2D eigenvalue weighted by Gasteiger charge is 2.25. The molecule has 1 aromatic carbocycles. The molecule has 2 N–H and O–H groups in total. The topological polar surface area (TPSA) is 96.7 Å². The van der Waals surface area contributed by atoms with Gasteiger partial charge in [-0.3, -0.25) is 4.79 Å². The van der Waals surface area contributed by atoms with Gasteiger partial charge in [0, 0.05) is 24.9 Å².